The van der Waals surface area contributed by atoms with Gasteiger partial charge in [-0.3, -0.25) is 19.2 Å². The summed E-state index contributed by atoms with van der Waals surface area (Å²) in [4.78, 5) is 29.3. The number of amides is 1. The van der Waals surface area contributed by atoms with Crippen molar-refractivity contribution in [1.82, 2.24) is 19.6 Å². The fraction of sp³-hybridized carbons (Fsp3) is 0.483. The molecule has 3 aromatic rings. The molecule has 6 nitrogen and oxygen atoms in total. The van der Waals surface area contributed by atoms with Gasteiger partial charge in [-0.1, -0.05) is 11.6 Å². The summed E-state index contributed by atoms with van der Waals surface area (Å²) in [5.41, 5.74) is 3.10. The van der Waals surface area contributed by atoms with Gasteiger partial charge in [0.25, 0.3) is 11.8 Å². The van der Waals surface area contributed by atoms with Gasteiger partial charge in [0.05, 0.1) is 12.1 Å². The molecule has 0 atom stereocenters. The number of aryl methyl sites for hydroxylation is 1. The van der Waals surface area contributed by atoms with Crippen LogP contribution in [0.25, 0.3) is 10.9 Å². The Hall–Kier alpha value is -2.84. The Labute approximate surface area is 226 Å². The van der Waals surface area contributed by atoms with Crippen LogP contribution in [0.2, 0.25) is 5.02 Å². The number of aromatic nitrogens is 2. The number of hydrogen-bond donors (Lipinski definition) is 0. The van der Waals surface area contributed by atoms with E-state index in [1.165, 1.54) is 0 Å². The Morgan fingerprint density at radius 3 is 2.50 bits per heavy atom. The molecule has 1 amide bonds. The Morgan fingerprint density at radius 1 is 1.08 bits per heavy atom. The lowest BCUT2D eigenvalue weighted by atomic mass is 9.96. The Morgan fingerprint density at radius 2 is 1.82 bits per heavy atom. The summed E-state index contributed by atoms with van der Waals surface area (Å²) in [7, 11) is 0. The molecule has 3 heterocycles. The first-order chi connectivity index (χ1) is 18.2. The SMILES string of the molecule is Cc1c(C(=O)CCCN2CCC(F)(F)C2)ccc2nn(CC3CCN(C(=O)c4ccc(Cl)cc4)CC3)cc12. The molecule has 9 heteroatoms. The van der Waals surface area contributed by atoms with Gasteiger partial charge in [-0.05, 0) is 80.6 Å². The predicted octanol–water partition coefficient (Wildman–Crippen LogP) is 5.85. The lowest BCUT2D eigenvalue weighted by Crippen LogP contribution is -2.39. The standard InChI is InChI=1S/C29H33ClF2N4O2/c1-20-24(27(37)3-2-13-34-16-12-29(31,32)19-34)8-9-26-25(20)18-36(33-26)17-21-10-14-35(15-11-21)28(38)22-4-6-23(30)7-5-22/h4-9,18,21H,2-3,10-17,19H2,1H3. The van der Waals surface area contributed by atoms with E-state index in [1.54, 1.807) is 29.2 Å². The van der Waals surface area contributed by atoms with Gasteiger partial charge in [0.1, 0.15) is 0 Å². The van der Waals surface area contributed by atoms with E-state index in [0.717, 1.165) is 35.9 Å². The molecule has 2 saturated heterocycles. The molecule has 202 valence electrons. The first kappa shape index (κ1) is 26.8. The van der Waals surface area contributed by atoms with Gasteiger partial charge in [0.2, 0.25) is 0 Å². The van der Waals surface area contributed by atoms with Crippen molar-refractivity contribution in [3.63, 3.8) is 0 Å². The number of piperidine rings is 1. The van der Waals surface area contributed by atoms with Crippen LogP contribution in [-0.4, -0.2) is 69.9 Å². The van der Waals surface area contributed by atoms with Crippen LogP contribution in [0.4, 0.5) is 8.78 Å². The van der Waals surface area contributed by atoms with Crippen molar-refractivity contribution < 1.29 is 18.4 Å². The van der Waals surface area contributed by atoms with Crippen LogP contribution in [0.1, 0.15) is 58.4 Å². The Balaban J connectivity index is 1.15. The van der Waals surface area contributed by atoms with Crippen LogP contribution in [0, 0.1) is 12.8 Å². The number of hydrogen-bond acceptors (Lipinski definition) is 4. The monoisotopic (exact) mass is 542 g/mol. The number of rotatable bonds is 8. The molecule has 0 aliphatic carbocycles. The maximum Gasteiger partial charge on any atom is 0.261 e. The molecule has 0 bridgehead atoms. The van der Waals surface area contributed by atoms with Gasteiger partial charge >= 0.3 is 0 Å². The second-order valence-electron chi connectivity index (χ2n) is 10.7. The third-order valence-corrected chi connectivity index (χ3v) is 8.12. The number of carbonyl (C=O) groups excluding carboxylic acids is 2. The fourth-order valence-electron chi connectivity index (χ4n) is 5.63. The molecule has 2 aromatic carbocycles. The van der Waals surface area contributed by atoms with Crippen molar-refractivity contribution in [2.24, 2.45) is 5.92 Å². The number of carbonyl (C=O) groups is 2. The minimum absolute atomic E-state index is 0.0381. The molecular weight excluding hydrogens is 510 g/mol. The molecule has 0 N–H and O–H groups in total. The quantitative estimate of drug-likeness (QED) is 0.335. The second-order valence-corrected chi connectivity index (χ2v) is 11.1. The summed E-state index contributed by atoms with van der Waals surface area (Å²) < 4.78 is 28.7. The number of ketones is 1. The highest BCUT2D eigenvalue weighted by atomic mass is 35.5. The van der Waals surface area contributed by atoms with Gasteiger partial charge < -0.3 is 4.90 Å². The summed E-state index contributed by atoms with van der Waals surface area (Å²) in [5, 5.41) is 6.32. The van der Waals surface area contributed by atoms with Gasteiger partial charge in [0, 0.05) is 66.8 Å². The molecule has 0 spiro atoms. The van der Waals surface area contributed by atoms with Crippen molar-refractivity contribution >= 4 is 34.2 Å². The van der Waals surface area contributed by atoms with E-state index in [1.807, 2.05) is 34.8 Å². The van der Waals surface area contributed by atoms with Crippen LogP contribution in [0.5, 0.6) is 0 Å². The molecule has 0 radical (unpaired) electrons. The lowest BCUT2D eigenvalue weighted by Gasteiger charge is -2.32. The third kappa shape index (κ3) is 6.07. The largest absolute Gasteiger partial charge is 0.339 e. The Kier molecular flexibility index (Phi) is 7.82. The minimum Gasteiger partial charge on any atom is -0.339 e. The van der Waals surface area contributed by atoms with E-state index < -0.39 is 5.92 Å². The molecule has 2 aliphatic rings. The Bertz CT molecular complexity index is 1320. The molecule has 5 rings (SSSR count). The summed E-state index contributed by atoms with van der Waals surface area (Å²) in [5.74, 6) is -2.10. The highest BCUT2D eigenvalue weighted by molar-refractivity contribution is 6.30. The zero-order valence-corrected chi connectivity index (χ0v) is 22.4. The van der Waals surface area contributed by atoms with Crippen molar-refractivity contribution in [2.75, 3.05) is 32.7 Å². The highest BCUT2D eigenvalue weighted by Gasteiger charge is 2.37. The van der Waals surface area contributed by atoms with Gasteiger partial charge in [-0.2, -0.15) is 5.10 Å². The smallest absolute Gasteiger partial charge is 0.261 e. The number of alkyl halides is 2. The van der Waals surface area contributed by atoms with Crippen molar-refractivity contribution in [2.45, 2.75) is 51.5 Å². The molecule has 1 aromatic heterocycles. The first-order valence-corrected chi connectivity index (χ1v) is 13.7. The zero-order chi connectivity index (χ0) is 26.9. The molecule has 0 saturated carbocycles. The second kappa shape index (κ2) is 11.1. The van der Waals surface area contributed by atoms with E-state index in [4.69, 9.17) is 16.7 Å². The maximum absolute atomic E-state index is 13.4. The van der Waals surface area contributed by atoms with Crippen molar-refractivity contribution in [3.05, 3.63) is 64.3 Å². The van der Waals surface area contributed by atoms with Crippen LogP contribution < -0.4 is 0 Å². The van der Waals surface area contributed by atoms with Gasteiger partial charge in [0.15, 0.2) is 5.78 Å². The number of fused-ring (bicyclic) bond motifs is 1. The third-order valence-electron chi connectivity index (χ3n) is 7.87. The maximum atomic E-state index is 13.4. The van der Waals surface area contributed by atoms with E-state index in [9.17, 15) is 18.4 Å². The molecule has 2 aliphatic heterocycles. The van der Waals surface area contributed by atoms with E-state index in [2.05, 4.69) is 0 Å². The number of halogens is 3. The summed E-state index contributed by atoms with van der Waals surface area (Å²) in [6.07, 6.45) is 4.64. The average Bonchev–Trinajstić information content (AvgIpc) is 3.47. The van der Waals surface area contributed by atoms with Crippen LogP contribution in [-0.2, 0) is 6.54 Å². The summed E-state index contributed by atoms with van der Waals surface area (Å²) >= 11 is 5.94. The summed E-state index contributed by atoms with van der Waals surface area (Å²) in [6, 6.07) is 10.7. The van der Waals surface area contributed by atoms with Crippen LogP contribution >= 0.6 is 11.6 Å². The van der Waals surface area contributed by atoms with E-state index in [0.29, 0.717) is 61.1 Å². The van der Waals surface area contributed by atoms with Gasteiger partial charge in [-0.25, -0.2) is 8.78 Å². The number of likely N-dealkylation sites (tertiary alicyclic amines) is 2. The molecule has 2 fully saturated rings. The van der Waals surface area contributed by atoms with E-state index >= 15 is 0 Å². The van der Waals surface area contributed by atoms with Crippen molar-refractivity contribution in [1.29, 1.82) is 0 Å². The van der Waals surface area contributed by atoms with Crippen LogP contribution in [0.15, 0.2) is 42.6 Å². The predicted molar refractivity (Wildman–Crippen MR) is 144 cm³/mol. The summed E-state index contributed by atoms with van der Waals surface area (Å²) in [6.45, 7) is 4.83. The molecule has 0 unspecified atom stereocenters. The number of nitrogens with zero attached hydrogens (tertiary/aromatic N) is 4. The molecular formula is C29H33ClF2N4O2. The van der Waals surface area contributed by atoms with E-state index in [-0.39, 0.29) is 24.7 Å². The minimum atomic E-state index is -2.60. The van der Waals surface area contributed by atoms with Gasteiger partial charge in [-0.15, -0.1) is 0 Å². The topological polar surface area (TPSA) is 58.4 Å². The molecule has 38 heavy (non-hydrogen) atoms. The van der Waals surface area contributed by atoms with Crippen LogP contribution in [0.3, 0.4) is 0 Å². The first-order valence-electron chi connectivity index (χ1n) is 13.3. The fourth-order valence-corrected chi connectivity index (χ4v) is 5.76. The highest BCUT2D eigenvalue weighted by Crippen LogP contribution is 2.28. The number of benzene rings is 2. The zero-order valence-electron chi connectivity index (χ0n) is 21.6. The number of Topliss-reactive ketones (excluding diaryl/α,β-unsaturated/α-hetero) is 1. The average molecular weight is 543 g/mol. The van der Waals surface area contributed by atoms with Crippen molar-refractivity contribution in [3.8, 4) is 0 Å². The normalized spacial score (nSPS) is 18.4. The lowest BCUT2D eigenvalue weighted by molar-refractivity contribution is 0.0122.